The Bertz CT molecular complexity index is 3070. The number of nitrogens with one attached hydrogen (secondary N) is 4. The van der Waals surface area contributed by atoms with Crippen LogP contribution in [0.2, 0.25) is 0 Å². The first-order chi connectivity index (χ1) is 52.4. The number of aromatic nitrogens is 1. The number of carbonyl (C=O) groups excluding carboxylic acids is 4. The Hall–Kier alpha value is -4.58. The van der Waals surface area contributed by atoms with Gasteiger partial charge in [-0.3, -0.25) is 19.3 Å². The Labute approximate surface area is 686 Å². The maximum absolute atomic E-state index is 14.0. The van der Waals surface area contributed by atoms with Crippen molar-refractivity contribution in [2.75, 3.05) is 70.5 Å². The van der Waals surface area contributed by atoms with Crippen molar-refractivity contribution >= 4 is 63.5 Å². The summed E-state index contributed by atoms with van der Waals surface area (Å²) < 4.78 is 48.4. The fourth-order valence-electron chi connectivity index (χ4n) is 14.6. The van der Waals surface area contributed by atoms with E-state index >= 15 is 0 Å². The summed E-state index contributed by atoms with van der Waals surface area (Å²) in [5.41, 5.74) is 15.0. The first kappa shape index (κ1) is 107. The molecule has 14 N–H and O–H groups in total. The van der Waals surface area contributed by atoms with Crippen LogP contribution in [0.15, 0.2) is 29.2 Å². The molecular formula is C84H152BCl2F2N10O12P. The molecule has 2 aliphatic heterocycles. The van der Waals surface area contributed by atoms with E-state index in [-0.39, 0.29) is 110 Å². The van der Waals surface area contributed by atoms with E-state index in [2.05, 4.69) is 97.7 Å². The number of nitrogens with two attached hydrogens (primary N) is 3. The number of hydrogen-bond donors (Lipinski definition) is 11. The number of halogens is 4. The second kappa shape index (κ2) is 59.1. The first-order valence-electron chi connectivity index (χ1n) is 41.1. The fourth-order valence-corrected chi connectivity index (χ4v) is 14.6. The molecule has 1 aromatic carbocycles. The second-order valence-corrected chi connectivity index (χ2v) is 35.7. The predicted molar refractivity (Wildman–Crippen MR) is 457 cm³/mol. The van der Waals surface area contributed by atoms with Gasteiger partial charge in [0.1, 0.15) is 29.0 Å². The zero-order valence-corrected chi connectivity index (χ0v) is 73.0. The van der Waals surface area contributed by atoms with Gasteiger partial charge in [-0.1, -0.05) is 140 Å². The molecule has 5 saturated carbocycles. The quantitative estimate of drug-likeness (QED) is 0.0205. The molecule has 7 aliphatic rings. The summed E-state index contributed by atoms with van der Waals surface area (Å²) in [6.07, 6.45) is 25.8. The van der Waals surface area contributed by atoms with E-state index in [4.69, 9.17) is 64.8 Å². The summed E-state index contributed by atoms with van der Waals surface area (Å²) in [6, 6.07) is 4.24. The molecule has 646 valence electrons. The van der Waals surface area contributed by atoms with Crippen LogP contribution in [0.25, 0.3) is 0 Å². The van der Waals surface area contributed by atoms with E-state index in [9.17, 15) is 43.0 Å². The molecule has 0 radical (unpaired) electrons. The van der Waals surface area contributed by atoms with Gasteiger partial charge >= 0.3 is 41.1 Å². The van der Waals surface area contributed by atoms with E-state index in [1.54, 1.807) is 10.4 Å². The van der Waals surface area contributed by atoms with Crippen LogP contribution in [-0.4, -0.2) is 184 Å². The number of hydrogen-bond acceptors (Lipinski definition) is 18. The molecule has 12 atom stereocenters. The summed E-state index contributed by atoms with van der Waals surface area (Å²) in [7, 11) is 2.90. The number of amides is 3. The molecule has 3 heterocycles. The van der Waals surface area contributed by atoms with Gasteiger partial charge in [0.05, 0.1) is 17.4 Å². The third-order valence-corrected chi connectivity index (χ3v) is 20.2. The molecule has 2 aromatic rings. The number of nitrogens with zero attached hydrogens (tertiary/aromatic N) is 3. The van der Waals surface area contributed by atoms with Gasteiger partial charge in [0, 0.05) is 81.1 Å². The van der Waals surface area contributed by atoms with E-state index in [1.165, 1.54) is 82.3 Å². The van der Waals surface area contributed by atoms with Gasteiger partial charge in [-0.05, 0) is 210 Å². The summed E-state index contributed by atoms with van der Waals surface area (Å²) in [4.78, 5) is 67.5. The first-order valence-corrected chi connectivity index (χ1v) is 43.0. The van der Waals surface area contributed by atoms with Crippen molar-refractivity contribution in [3.8, 4) is 17.7 Å². The summed E-state index contributed by atoms with van der Waals surface area (Å²) in [5.74, 6) is 3.27. The van der Waals surface area contributed by atoms with Gasteiger partial charge in [-0.2, -0.15) is 0 Å². The van der Waals surface area contributed by atoms with Crippen molar-refractivity contribution in [2.24, 2.45) is 70.5 Å². The maximum atomic E-state index is 14.0. The molecule has 22 nitrogen and oxygen atoms in total. The Morgan fingerprint density at radius 3 is 1.56 bits per heavy atom. The number of aliphatic hydroxyl groups is 3. The fraction of sp³-hybridized carbons (Fsp3) is 0.798. The van der Waals surface area contributed by atoms with Crippen LogP contribution in [-0.2, 0) is 27.1 Å². The SMILES string of the molecule is C.CC(C)(C)OC(=O)N[C@H]1CCCC[C@H]1CO.CC(C)CN.CC(C)CN1C[C@@H]2CCCC[C@@H]2N2C(=O)c3c(O)c(=O)c(C(=O)CCc4ccc(F)cc4F)cn3C[C@@H]12.CC(C)CNC[C@@H]1CCCC[C@@H]1N.CC(C)CNC[C@@H]1CCCC[C@@H]1NC(=O)OC(C)(C)C.CCP.ClCCl.N[C@H]1CCCC[C@H]1CO.O=BC#CO. The summed E-state index contributed by atoms with van der Waals surface area (Å²) >= 11 is 9.53. The van der Waals surface area contributed by atoms with Crippen LogP contribution in [0.5, 0.6) is 5.75 Å². The zero-order chi connectivity index (χ0) is 84.0. The van der Waals surface area contributed by atoms with Crippen LogP contribution in [0.3, 0.4) is 0 Å². The van der Waals surface area contributed by atoms with Crippen LogP contribution < -0.4 is 43.9 Å². The van der Waals surface area contributed by atoms with Gasteiger partial charge in [0.15, 0.2) is 17.2 Å². The Morgan fingerprint density at radius 1 is 0.688 bits per heavy atom. The van der Waals surface area contributed by atoms with E-state index in [1.807, 2.05) is 46.4 Å². The van der Waals surface area contributed by atoms with Crippen LogP contribution in [0.4, 0.5) is 18.4 Å². The number of ether oxygens (including phenoxy) is 2. The number of aryl methyl sites for hydroxylation is 1. The third-order valence-electron chi connectivity index (χ3n) is 20.2. The number of benzene rings is 1. The molecule has 0 bridgehead atoms. The molecule has 112 heavy (non-hydrogen) atoms. The molecule has 1 aromatic heterocycles. The molecule has 28 heteroatoms. The third kappa shape index (κ3) is 43.6. The Morgan fingerprint density at radius 2 is 1.13 bits per heavy atom. The van der Waals surface area contributed by atoms with Crippen LogP contribution >= 0.6 is 32.4 Å². The molecule has 5 aliphatic carbocycles. The van der Waals surface area contributed by atoms with Crippen molar-refractivity contribution < 1.29 is 62.6 Å². The monoisotopic (exact) mass is 1640 g/mol. The van der Waals surface area contributed by atoms with Gasteiger partial charge in [-0.25, -0.2) is 18.4 Å². The average Bonchev–Trinajstić information content (AvgIpc) is 0.730. The number of ketones is 1. The van der Waals surface area contributed by atoms with Gasteiger partial charge in [-0.15, -0.1) is 32.4 Å². The van der Waals surface area contributed by atoms with E-state index in [0.29, 0.717) is 55.2 Å². The van der Waals surface area contributed by atoms with Crippen LogP contribution in [0.1, 0.15) is 273 Å². The number of carbonyl (C=O) groups is 4. The predicted octanol–water partition coefficient (Wildman–Crippen LogP) is 14.5. The number of pyridine rings is 1. The number of alkyl halides is 2. The zero-order valence-electron chi connectivity index (χ0n) is 70.3. The topological polar surface area (TPSA) is 339 Å². The van der Waals surface area contributed by atoms with Crippen molar-refractivity contribution in [2.45, 2.75) is 307 Å². The van der Waals surface area contributed by atoms with E-state index < -0.39 is 39.8 Å². The van der Waals surface area contributed by atoms with Crippen molar-refractivity contribution in [1.29, 1.82) is 0 Å². The van der Waals surface area contributed by atoms with Gasteiger partial charge in [0.25, 0.3) is 5.91 Å². The van der Waals surface area contributed by atoms with Crippen LogP contribution in [0, 0.1) is 76.8 Å². The molecule has 6 fully saturated rings. The molecule has 1 unspecified atom stereocenters. The second-order valence-electron chi connectivity index (χ2n) is 34.0. The number of rotatable bonds is 19. The number of Topliss-reactive ketones (excluding diaryl/α,β-unsaturated/α-hetero) is 1. The number of fused-ring (bicyclic) bond motifs is 4. The number of alkyl carbamates (subject to hydrolysis) is 2. The number of aliphatic hydroxyl groups excluding tert-OH is 3. The molecule has 9 rings (SSSR count). The summed E-state index contributed by atoms with van der Waals surface area (Å²) in [5, 5.41) is 49.5. The molecular weight excluding hydrogens is 1490 g/mol. The molecule has 1 saturated heterocycles. The number of aromatic hydroxyl groups is 1. The average molecular weight is 1640 g/mol. The van der Waals surface area contributed by atoms with Crippen molar-refractivity contribution in [3.63, 3.8) is 0 Å². The molecule has 0 spiro atoms. The van der Waals surface area contributed by atoms with Gasteiger partial charge < -0.3 is 72.7 Å². The Balaban J connectivity index is 0.00000140. The van der Waals surface area contributed by atoms with Crippen molar-refractivity contribution in [3.05, 3.63) is 63.1 Å². The van der Waals surface area contributed by atoms with Gasteiger partial charge in [0.2, 0.25) is 5.43 Å². The summed E-state index contributed by atoms with van der Waals surface area (Å²) in [6.45, 7) is 38.3. The minimum atomic E-state index is -0.890. The van der Waals surface area contributed by atoms with E-state index in [0.717, 1.165) is 140 Å². The standard InChI is InChI=1S/C28H33F2N3O4.C16H32N2O2.C12H23NO3.C11H24N2.C7H15NO.C4H11N.C2HBO2.C2H7P.CH2Cl2.CH4/c1-16(2)12-31-13-18-5-3-4-6-22(18)33-24(31)15-32-14-20(26(35)27(36)25(32)28(33)37)23(34)10-8-17-7-9-19(29)11-21(17)30;1-12(2)10-17-11-13-8-6-7-9-14(13)18-15(19)20-16(3,4)5;1-12(2,3)16-11(15)13-10-7-5-4-6-9(10)8-14;1-9(2)7-13-8-10-5-3-4-6-11(10)12;8-7-4-2-1-3-6(7)5-9;1-4(2)3-5;4-2-1-3-5;1-2-3;2-1-3;/h7,9,11,14,16,18,22,24,36H,3-6,8,10,12-13,15H2,1-2H3;12-14,17H,6-11H2,1-5H3,(H,18,19);9-10,14H,4-8H2,1-3H3,(H,13,15);9-11,13H,3-8,12H2,1-2H3;6-7,9H,1-5,8H2;4H,3,5H2,1-2H3;4H;2-3H2,1H3;1H2;1H4/t18-,22-,24-;13-,14-;9-,10-;10-,11-;6-,7-;;;;;/m00000...../s1. The minimum absolute atomic E-state index is 0. The molecule has 3 amide bonds. The van der Waals surface area contributed by atoms with Crippen molar-refractivity contribution in [1.82, 2.24) is 35.6 Å². The Kier molecular flexibility index (Phi) is 56.7. The normalized spacial score (nSPS) is 23.0.